The average molecular weight is 170 g/mol. The van der Waals surface area contributed by atoms with E-state index in [0.717, 1.165) is 24.9 Å². The maximum absolute atomic E-state index is 5.47. The van der Waals surface area contributed by atoms with Crippen molar-refractivity contribution < 1.29 is 0 Å². The second-order valence-electron chi connectivity index (χ2n) is 4.15. The first-order chi connectivity index (χ1) is 5.75. The molecule has 0 aromatic rings. The molecule has 72 valence electrons. The summed E-state index contributed by atoms with van der Waals surface area (Å²) in [7, 11) is 0. The highest BCUT2D eigenvalue weighted by molar-refractivity contribution is 4.83. The van der Waals surface area contributed by atoms with Crippen molar-refractivity contribution in [3.05, 3.63) is 0 Å². The molecule has 0 radical (unpaired) electrons. The number of nitrogens with one attached hydrogen (secondary N) is 1. The normalized spacial score (nSPS) is 36.8. The lowest BCUT2D eigenvalue weighted by atomic mass is 9.79. The van der Waals surface area contributed by atoms with E-state index >= 15 is 0 Å². The van der Waals surface area contributed by atoms with Crippen molar-refractivity contribution in [2.45, 2.75) is 39.2 Å². The summed E-state index contributed by atoms with van der Waals surface area (Å²) >= 11 is 0. The number of rotatable bonds is 3. The molecule has 0 bridgehead atoms. The molecule has 0 heterocycles. The van der Waals surface area contributed by atoms with Crippen molar-refractivity contribution in [3.63, 3.8) is 0 Å². The number of nitrogens with two attached hydrogens (primary N) is 1. The number of hydrogen-bond acceptors (Lipinski definition) is 2. The van der Waals surface area contributed by atoms with Crippen molar-refractivity contribution in [1.29, 1.82) is 0 Å². The second kappa shape index (κ2) is 4.83. The van der Waals surface area contributed by atoms with Crippen LogP contribution in [-0.4, -0.2) is 19.1 Å². The van der Waals surface area contributed by atoms with Crippen LogP contribution < -0.4 is 11.1 Å². The van der Waals surface area contributed by atoms with Crippen LogP contribution in [0.25, 0.3) is 0 Å². The third kappa shape index (κ3) is 2.46. The van der Waals surface area contributed by atoms with E-state index in [1.54, 1.807) is 0 Å². The lowest BCUT2D eigenvalue weighted by Crippen LogP contribution is -2.44. The van der Waals surface area contributed by atoms with Crippen molar-refractivity contribution in [3.8, 4) is 0 Å². The summed E-state index contributed by atoms with van der Waals surface area (Å²) < 4.78 is 0. The van der Waals surface area contributed by atoms with Gasteiger partial charge in [-0.1, -0.05) is 20.3 Å². The van der Waals surface area contributed by atoms with Gasteiger partial charge in [-0.2, -0.15) is 0 Å². The molecule has 0 saturated heterocycles. The summed E-state index contributed by atoms with van der Waals surface area (Å²) in [6.45, 7) is 6.43. The molecule has 0 aromatic heterocycles. The van der Waals surface area contributed by atoms with E-state index in [1.807, 2.05) is 0 Å². The lowest BCUT2D eigenvalue weighted by molar-refractivity contribution is 0.211. The van der Waals surface area contributed by atoms with Crippen molar-refractivity contribution in [1.82, 2.24) is 5.32 Å². The Balaban J connectivity index is 2.34. The molecule has 3 N–H and O–H groups in total. The molecule has 0 aromatic carbocycles. The van der Waals surface area contributed by atoms with Gasteiger partial charge in [-0.05, 0) is 24.7 Å². The molecule has 12 heavy (non-hydrogen) atoms. The fourth-order valence-corrected chi connectivity index (χ4v) is 2.33. The van der Waals surface area contributed by atoms with Crippen LogP contribution in [0.5, 0.6) is 0 Å². The van der Waals surface area contributed by atoms with E-state index in [1.165, 1.54) is 19.3 Å². The van der Waals surface area contributed by atoms with Gasteiger partial charge in [0.2, 0.25) is 0 Å². The van der Waals surface area contributed by atoms with Gasteiger partial charge in [0.15, 0.2) is 0 Å². The minimum Gasteiger partial charge on any atom is -0.329 e. The first kappa shape index (κ1) is 10.0. The Labute approximate surface area is 75.9 Å². The zero-order valence-corrected chi connectivity index (χ0v) is 8.34. The van der Waals surface area contributed by atoms with E-state index in [-0.39, 0.29) is 0 Å². The van der Waals surface area contributed by atoms with Crippen molar-refractivity contribution in [2.75, 3.05) is 13.1 Å². The van der Waals surface area contributed by atoms with Gasteiger partial charge in [-0.25, -0.2) is 0 Å². The van der Waals surface area contributed by atoms with Crippen molar-refractivity contribution in [2.24, 2.45) is 17.6 Å². The maximum Gasteiger partial charge on any atom is 0.0119 e. The smallest absolute Gasteiger partial charge is 0.0119 e. The monoisotopic (exact) mass is 170 g/mol. The Hall–Kier alpha value is -0.0800. The zero-order chi connectivity index (χ0) is 8.97. The molecule has 2 nitrogen and oxygen atoms in total. The molecule has 1 saturated carbocycles. The van der Waals surface area contributed by atoms with Gasteiger partial charge in [-0.15, -0.1) is 0 Å². The highest BCUT2D eigenvalue weighted by Gasteiger charge is 2.26. The molecule has 0 amide bonds. The molecule has 0 spiro atoms. The fraction of sp³-hybridized carbons (Fsp3) is 1.00. The van der Waals surface area contributed by atoms with Crippen LogP contribution in [0.2, 0.25) is 0 Å². The van der Waals surface area contributed by atoms with Gasteiger partial charge in [0.05, 0.1) is 0 Å². The molecule has 2 heteroatoms. The van der Waals surface area contributed by atoms with E-state index in [9.17, 15) is 0 Å². The first-order valence-electron chi connectivity index (χ1n) is 5.19. The van der Waals surface area contributed by atoms with Gasteiger partial charge < -0.3 is 11.1 Å². The topological polar surface area (TPSA) is 38.0 Å². The predicted molar refractivity (Wildman–Crippen MR) is 53.0 cm³/mol. The third-order valence-corrected chi connectivity index (χ3v) is 3.07. The van der Waals surface area contributed by atoms with Crippen LogP contribution in [0.4, 0.5) is 0 Å². The molecule has 1 fully saturated rings. The Kier molecular flexibility index (Phi) is 4.02. The fourth-order valence-electron chi connectivity index (χ4n) is 2.33. The largest absolute Gasteiger partial charge is 0.329 e. The van der Waals surface area contributed by atoms with Crippen LogP contribution in [0.15, 0.2) is 0 Å². The molecule has 0 aliphatic heterocycles. The van der Waals surface area contributed by atoms with Gasteiger partial charge in [-0.3, -0.25) is 0 Å². The highest BCUT2D eigenvalue weighted by atomic mass is 14.9. The molecule has 2 atom stereocenters. The summed E-state index contributed by atoms with van der Waals surface area (Å²) in [6, 6.07) is 0.710. The maximum atomic E-state index is 5.47. The summed E-state index contributed by atoms with van der Waals surface area (Å²) in [6.07, 6.45) is 4.17. The lowest BCUT2D eigenvalue weighted by Gasteiger charge is -2.35. The highest BCUT2D eigenvalue weighted by Crippen LogP contribution is 2.28. The predicted octanol–water partition coefficient (Wildman–Crippen LogP) is 1.36. The standard InChI is InChI=1S/C10H22N2/c1-8-4-3-5-9(2)10(8)12-7-6-11/h8-10,12H,3-7,11H2,1-2H3. The van der Waals surface area contributed by atoms with Crippen LogP contribution in [-0.2, 0) is 0 Å². The van der Waals surface area contributed by atoms with Crippen LogP contribution in [0.3, 0.4) is 0 Å². The van der Waals surface area contributed by atoms with E-state index < -0.39 is 0 Å². The Morgan fingerprint density at radius 2 is 1.83 bits per heavy atom. The summed E-state index contributed by atoms with van der Waals surface area (Å²) in [5.41, 5.74) is 5.47. The molecule has 1 aliphatic carbocycles. The SMILES string of the molecule is CC1CCCC(C)C1NCCN. The summed E-state index contributed by atoms with van der Waals surface area (Å²) in [5, 5.41) is 3.55. The Morgan fingerprint density at radius 1 is 1.25 bits per heavy atom. The quantitative estimate of drug-likeness (QED) is 0.671. The van der Waals surface area contributed by atoms with Crippen LogP contribution in [0, 0.1) is 11.8 Å². The summed E-state index contributed by atoms with van der Waals surface area (Å²) in [4.78, 5) is 0. The zero-order valence-electron chi connectivity index (χ0n) is 8.34. The molecular formula is C10H22N2. The van der Waals surface area contributed by atoms with Crippen LogP contribution >= 0.6 is 0 Å². The van der Waals surface area contributed by atoms with Crippen LogP contribution in [0.1, 0.15) is 33.1 Å². The van der Waals surface area contributed by atoms with Gasteiger partial charge in [0, 0.05) is 19.1 Å². The van der Waals surface area contributed by atoms with E-state index in [0.29, 0.717) is 6.04 Å². The minimum atomic E-state index is 0.710. The first-order valence-corrected chi connectivity index (χ1v) is 5.19. The molecule has 1 rings (SSSR count). The average Bonchev–Trinajstić information content (AvgIpc) is 2.04. The number of hydrogen-bond donors (Lipinski definition) is 2. The van der Waals surface area contributed by atoms with Gasteiger partial charge in [0.1, 0.15) is 0 Å². The third-order valence-electron chi connectivity index (χ3n) is 3.07. The van der Waals surface area contributed by atoms with Gasteiger partial charge >= 0.3 is 0 Å². The molecular weight excluding hydrogens is 148 g/mol. The molecule has 1 aliphatic rings. The van der Waals surface area contributed by atoms with E-state index in [4.69, 9.17) is 5.73 Å². The minimum absolute atomic E-state index is 0.710. The molecule has 2 unspecified atom stereocenters. The van der Waals surface area contributed by atoms with Crippen molar-refractivity contribution >= 4 is 0 Å². The Morgan fingerprint density at radius 3 is 2.33 bits per heavy atom. The van der Waals surface area contributed by atoms with E-state index in [2.05, 4.69) is 19.2 Å². The van der Waals surface area contributed by atoms with Gasteiger partial charge in [0.25, 0.3) is 0 Å². The second-order valence-corrected chi connectivity index (χ2v) is 4.15. The Bertz CT molecular complexity index is 115. The summed E-state index contributed by atoms with van der Waals surface area (Å²) in [5.74, 6) is 1.67.